The molecule has 2 aromatic heterocycles. The molecule has 2 heterocycles. The Morgan fingerprint density at radius 1 is 1.19 bits per heavy atom. The normalized spacial score (nSPS) is 10.5. The van der Waals surface area contributed by atoms with E-state index in [4.69, 9.17) is 0 Å². The average molecular weight is 217 g/mol. The van der Waals surface area contributed by atoms with Crippen LogP contribution in [0.15, 0.2) is 12.4 Å². The van der Waals surface area contributed by atoms with Crippen LogP contribution < -0.4 is 5.32 Å². The second-order valence-electron chi connectivity index (χ2n) is 3.76. The Kier molecular flexibility index (Phi) is 2.60. The fourth-order valence-corrected chi connectivity index (χ4v) is 1.65. The van der Waals surface area contributed by atoms with Crippen LogP contribution in [0.25, 0.3) is 11.5 Å². The summed E-state index contributed by atoms with van der Waals surface area (Å²) >= 11 is 0. The van der Waals surface area contributed by atoms with Gasteiger partial charge in [0.2, 0.25) is 0 Å². The molecule has 0 atom stereocenters. The Morgan fingerprint density at radius 2 is 1.94 bits per heavy atom. The maximum absolute atomic E-state index is 4.28. The predicted molar refractivity (Wildman–Crippen MR) is 63.3 cm³/mol. The summed E-state index contributed by atoms with van der Waals surface area (Å²) in [6.45, 7) is 4.07. The Morgan fingerprint density at radius 3 is 2.50 bits per heavy atom. The molecule has 2 rings (SSSR count). The molecule has 0 saturated carbocycles. The molecule has 0 amide bonds. The molecule has 0 aromatic carbocycles. The van der Waals surface area contributed by atoms with Crippen molar-refractivity contribution in [2.24, 2.45) is 7.05 Å². The zero-order chi connectivity index (χ0) is 11.7. The van der Waals surface area contributed by atoms with Crippen LogP contribution >= 0.6 is 0 Å². The van der Waals surface area contributed by atoms with E-state index in [1.807, 2.05) is 38.7 Å². The number of rotatable bonds is 2. The monoisotopic (exact) mass is 217 g/mol. The van der Waals surface area contributed by atoms with E-state index >= 15 is 0 Å². The molecule has 0 aliphatic rings. The largest absolute Gasteiger partial charge is 0.371 e. The van der Waals surface area contributed by atoms with Crippen molar-refractivity contribution in [1.29, 1.82) is 0 Å². The van der Waals surface area contributed by atoms with Crippen LogP contribution in [0.2, 0.25) is 0 Å². The van der Waals surface area contributed by atoms with Crippen molar-refractivity contribution < 1.29 is 0 Å². The molecule has 5 heteroatoms. The first-order valence-corrected chi connectivity index (χ1v) is 5.14. The predicted octanol–water partition coefficient (Wildman–Crippen LogP) is 1.54. The van der Waals surface area contributed by atoms with E-state index in [2.05, 4.69) is 20.5 Å². The molecule has 0 aliphatic carbocycles. The number of aromatic nitrogens is 4. The Balaban J connectivity index is 2.60. The van der Waals surface area contributed by atoms with Gasteiger partial charge in [0.1, 0.15) is 5.69 Å². The van der Waals surface area contributed by atoms with Gasteiger partial charge < -0.3 is 9.88 Å². The zero-order valence-corrected chi connectivity index (χ0v) is 9.94. The maximum Gasteiger partial charge on any atom is 0.160 e. The lowest BCUT2D eigenvalue weighted by molar-refractivity contribution is 0.896. The van der Waals surface area contributed by atoms with Crippen molar-refractivity contribution in [3.63, 3.8) is 0 Å². The average Bonchev–Trinajstić information content (AvgIpc) is 2.69. The van der Waals surface area contributed by atoms with E-state index in [1.54, 1.807) is 6.20 Å². The highest BCUT2D eigenvalue weighted by atomic mass is 15.2. The summed E-state index contributed by atoms with van der Waals surface area (Å²) in [4.78, 5) is 4.28. The molecule has 5 nitrogen and oxygen atoms in total. The van der Waals surface area contributed by atoms with Crippen LogP contribution in [0.4, 0.5) is 5.82 Å². The number of aryl methyl sites for hydroxylation is 1. The van der Waals surface area contributed by atoms with Gasteiger partial charge in [-0.05, 0) is 25.0 Å². The molecule has 0 aliphatic heterocycles. The third-order valence-electron chi connectivity index (χ3n) is 2.79. The number of nitrogens with one attached hydrogen (secondary N) is 1. The molecule has 84 valence electrons. The minimum Gasteiger partial charge on any atom is -0.371 e. The molecule has 16 heavy (non-hydrogen) atoms. The summed E-state index contributed by atoms with van der Waals surface area (Å²) in [6, 6.07) is 0. The standard InChI is InChI=1S/C11H15N5/c1-7-8(2)10(12-3)15-14-9(7)11-13-5-6-16(11)4/h5-6H,1-4H3,(H,12,15). The molecule has 0 spiro atoms. The van der Waals surface area contributed by atoms with Crippen molar-refractivity contribution in [2.45, 2.75) is 13.8 Å². The van der Waals surface area contributed by atoms with Gasteiger partial charge in [0.25, 0.3) is 0 Å². The molecule has 0 fully saturated rings. The van der Waals surface area contributed by atoms with Crippen molar-refractivity contribution in [3.05, 3.63) is 23.5 Å². The number of hydrogen-bond acceptors (Lipinski definition) is 4. The van der Waals surface area contributed by atoms with Crippen LogP contribution in [0.3, 0.4) is 0 Å². The number of imidazole rings is 1. The van der Waals surface area contributed by atoms with Crippen LogP contribution in [0.1, 0.15) is 11.1 Å². The molecular formula is C11H15N5. The van der Waals surface area contributed by atoms with Gasteiger partial charge in [-0.1, -0.05) is 0 Å². The third-order valence-corrected chi connectivity index (χ3v) is 2.79. The summed E-state index contributed by atoms with van der Waals surface area (Å²) in [5.41, 5.74) is 3.05. The van der Waals surface area contributed by atoms with E-state index in [9.17, 15) is 0 Å². The van der Waals surface area contributed by atoms with Gasteiger partial charge in [0, 0.05) is 26.5 Å². The number of anilines is 1. The van der Waals surface area contributed by atoms with E-state index in [-0.39, 0.29) is 0 Å². The highest BCUT2D eigenvalue weighted by molar-refractivity contribution is 5.61. The summed E-state index contributed by atoms with van der Waals surface area (Å²) in [5.74, 6) is 1.66. The van der Waals surface area contributed by atoms with Crippen molar-refractivity contribution in [1.82, 2.24) is 19.7 Å². The lowest BCUT2D eigenvalue weighted by atomic mass is 10.1. The first-order valence-electron chi connectivity index (χ1n) is 5.14. The molecule has 0 saturated heterocycles. The Bertz CT molecular complexity index is 515. The van der Waals surface area contributed by atoms with Crippen molar-refractivity contribution in [3.8, 4) is 11.5 Å². The SMILES string of the molecule is CNc1nnc(-c2nccn2C)c(C)c1C. The minimum atomic E-state index is 0.815. The number of nitrogens with zero attached hydrogens (tertiary/aromatic N) is 4. The number of hydrogen-bond donors (Lipinski definition) is 1. The highest BCUT2D eigenvalue weighted by Gasteiger charge is 2.13. The van der Waals surface area contributed by atoms with Gasteiger partial charge in [0.05, 0.1) is 0 Å². The van der Waals surface area contributed by atoms with Gasteiger partial charge in [-0.25, -0.2) is 4.98 Å². The lowest BCUT2D eigenvalue weighted by Crippen LogP contribution is -2.04. The molecule has 0 bridgehead atoms. The Hall–Kier alpha value is -1.91. The van der Waals surface area contributed by atoms with Gasteiger partial charge in [-0.3, -0.25) is 0 Å². The topological polar surface area (TPSA) is 55.6 Å². The Labute approximate surface area is 94.5 Å². The second-order valence-corrected chi connectivity index (χ2v) is 3.76. The van der Waals surface area contributed by atoms with E-state index in [0.717, 1.165) is 28.5 Å². The fraction of sp³-hybridized carbons (Fsp3) is 0.364. The van der Waals surface area contributed by atoms with Crippen LogP contribution in [0.5, 0.6) is 0 Å². The van der Waals surface area contributed by atoms with E-state index < -0.39 is 0 Å². The summed E-state index contributed by atoms with van der Waals surface area (Å²) < 4.78 is 1.94. The smallest absolute Gasteiger partial charge is 0.160 e. The van der Waals surface area contributed by atoms with E-state index in [0.29, 0.717) is 0 Å². The molecule has 0 unspecified atom stereocenters. The van der Waals surface area contributed by atoms with E-state index in [1.165, 1.54) is 0 Å². The van der Waals surface area contributed by atoms with Gasteiger partial charge in [0.15, 0.2) is 11.6 Å². The van der Waals surface area contributed by atoms with Gasteiger partial charge in [-0.2, -0.15) is 0 Å². The minimum absolute atomic E-state index is 0.815. The molecular weight excluding hydrogens is 202 g/mol. The third kappa shape index (κ3) is 1.54. The van der Waals surface area contributed by atoms with Crippen molar-refractivity contribution in [2.75, 3.05) is 12.4 Å². The fourth-order valence-electron chi connectivity index (χ4n) is 1.65. The molecule has 0 radical (unpaired) electrons. The first-order chi connectivity index (χ1) is 7.65. The highest BCUT2D eigenvalue weighted by Crippen LogP contribution is 2.23. The first kappa shape index (κ1) is 10.6. The van der Waals surface area contributed by atoms with Crippen molar-refractivity contribution >= 4 is 5.82 Å². The molecule has 2 aromatic rings. The van der Waals surface area contributed by atoms with Crippen LogP contribution in [-0.2, 0) is 7.05 Å². The van der Waals surface area contributed by atoms with Crippen LogP contribution in [0, 0.1) is 13.8 Å². The summed E-state index contributed by atoms with van der Waals surface area (Å²) in [7, 11) is 3.79. The quantitative estimate of drug-likeness (QED) is 0.829. The zero-order valence-electron chi connectivity index (χ0n) is 9.94. The summed E-state index contributed by atoms with van der Waals surface area (Å²) in [5, 5.41) is 11.4. The lowest BCUT2D eigenvalue weighted by Gasteiger charge is -2.10. The van der Waals surface area contributed by atoms with Gasteiger partial charge >= 0.3 is 0 Å². The van der Waals surface area contributed by atoms with Gasteiger partial charge in [-0.15, -0.1) is 10.2 Å². The summed E-state index contributed by atoms with van der Waals surface area (Å²) in [6.07, 6.45) is 3.66. The second kappa shape index (κ2) is 3.92. The van der Waals surface area contributed by atoms with Crippen LogP contribution in [-0.4, -0.2) is 26.8 Å². The molecule has 1 N–H and O–H groups in total. The maximum atomic E-state index is 4.28.